The minimum atomic E-state index is -3.89. The Kier molecular flexibility index (Phi) is 4.87. The van der Waals surface area contributed by atoms with E-state index in [-0.39, 0.29) is 4.90 Å². The predicted molar refractivity (Wildman–Crippen MR) is 114 cm³/mol. The average molecular weight is 456 g/mol. The standard InChI is InChI=1S/C22H18BrNO3S/c1-15-7-10-19(11-8-15)28(26,27)24-20-12-9-18(23)13-17(20)14-21(24)22(25)16-5-3-2-4-6-16/h2-14,22,25H,1H3. The number of halogens is 1. The van der Waals surface area contributed by atoms with Crippen molar-refractivity contribution in [3.8, 4) is 0 Å². The van der Waals surface area contributed by atoms with Crippen LogP contribution in [0.1, 0.15) is 22.9 Å². The third kappa shape index (κ3) is 3.28. The van der Waals surface area contributed by atoms with Crippen molar-refractivity contribution in [2.45, 2.75) is 17.9 Å². The molecule has 6 heteroatoms. The fraction of sp³-hybridized carbons (Fsp3) is 0.0909. The minimum Gasteiger partial charge on any atom is -0.382 e. The number of hydrogen-bond acceptors (Lipinski definition) is 3. The second kappa shape index (κ2) is 7.20. The Hall–Kier alpha value is -2.41. The topological polar surface area (TPSA) is 59.3 Å². The van der Waals surface area contributed by atoms with E-state index in [9.17, 15) is 13.5 Å². The molecular weight excluding hydrogens is 438 g/mol. The van der Waals surface area contributed by atoms with Gasteiger partial charge in [-0.05, 0) is 48.9 Å². The Bertz CT molecular complexity index is 1250. The highest BCUT2D eigenvalue weighted by Gasteiger charge is 2.27. The predicted octanol–water partition coefficient (Wildman–Crippen LogP) is 5.03. The second-order valence-corrected chi connectivity index (χ2v) is 9.37. The van der Waals surface area contributed by atoms with E-state index in [1.54, 1.807) is 54.6 Å². The molecule has 0 aliphatic heterocycles. The molecule has 4 aromatic rings. The monoisotopic (exact) mass is 455 g/mol. The van der Waals surface area contributed by atoms with E-state index in [0.29, 0.717) is 16.8 Å². The van der Waals surface area contributed by atoms with E-state index in [1.807, 2.05) is 31.2 Å². The smallest absolute Gasteiger partial charge is 0.268 e. The van der Waals surface area contributed by atoms with E-state index in [4.69, 9.17) is 0 Å². The molecule has 1 unspecified atom stereocenters. The van der Waals surface area contributed by atoms with Gasteiger partial charge >= 0.3 is 0 Å². The first-order chi connectivity index (χ1) is 13.4. The molecule has 0 bridgehead atoms. The van der Waals surface area contributed by atoms with Gasteiger partial charge in [-0.3, -0.25) is 0 Å². The quantitative estimate of drug-likeness (QED) is 0.469. The summed E-state index contributed by atoms with van der Waals surface area (Å²) < 4.78 is 29.1. The van der Waals surface area contributed by atoms with Crippen LogP contribution in [0.5, 0.6) is 0 Å². The third-order valence-corrected chi connectivity index (χ3v) is 6.95. The van der Waals surface area contributed by atoms with Gasteiger partial charge < -0.3 is 5.11 Å². The Morgan fingerprint density at radius 2 is 1.61 bits per heavy atom. The second-order valence-electron chi connectivity index (χ2n) is 6.67. The van der Waals surface area contributed by atoms with Crippen molar-refractivity contribution in [3.05, 3.63) is 100 Å². The van der Waals surface area contributed by atoms with Crippen molar-refractivity contribution in [1.29, 1.82) is 0 Å². The summed E-state index contributed by atoms with van der Waals surface area (Å²) in [6.45, 7) is 1.91. The summed E-state index contributed by atoms with van der Waals surface area (Å²) >= 11 is 3.43. The average Bonchev–Trinajstić information content (AvgIpc) is 3.07. The van der Waals surface area contributed by atoms with E-state index in [0.717, 1.165) is 15.4 Å². The Morgan fingerprint density at radius 1 is 0.929 bits per heavy atom. The van der Waals surface area contributed by atoms with Crippen LogP contribution in [0.4, 0.5) is 0 Å². The summed E-state index contributed by atoms with van der Waals surface area (Å²) in [6.07, 6.45) is -1.08. The number of rotatable bonds is 4. The lowest BCUT2D eigenvalue weighted by Crippen LogP contribution is -2.18. The van der Waals surface area contributed by atoms with Crippen LogP contribution >= 0.6 is 15.9 Å². The first-order valence-corrected chi connectivity index (χ1v) is 11.0. The van der Waals surface area contributed by atoms with Gasteiger partial charge in [0, 0.05) is 9.86 Å². The molecule has 4 nitrogen and oxygen atoms in total. The van der Waals surface area contributed by atoms with Crippen LogP contribution in [0, 0.1) is 6.92 Å². The highest BCUT2D eigenvalue weighted by atomic mass is 79.9. The van der Waals surface area contributed by atoms with Gasteiger partial charge in [0.2, 0.25) is 0 Å². The van der Waals surface area contributed by atoms with Crippen LogP contribution in [0.25, 0.3) is 10.9 Å². The van der Waals surface area contributed by atoms with Crippen LogP contribution in [-0.4, -0.2) is 17.5 Å². The molecule has 0 saturated carbocycles. The summed E-state index contributed by atoms with van der Waals surface area (Å²) in [6, 6.07) is 22.9. The molecule has 0 aliphatic rings. The molecule has 0 amide bonds. The zero-order valence-electron chi connectivity index (χ0n) is 15.1. The fourth-order valence-electron chi connectivity index (χ4n) is 3.26. The van der Waals surface area contributed by atoms with Crippen LogP contribution in [0.3, 0.4) is 0 Å². The molecule has 1 atom stereocenters. The van der Waals surface area contributed by atoms with Gasteiger partial charge in [-0.2, -0.15) is 0 Å². The maximum absolute atomic E-state index is 13.5. The summed E-state index contributed by atoms with van der Waals surface area (Å²) in [5.41, 5.74) is 2.43. The van der Waals surface area contributed by atoms with E-state index < -0.39 is 16.1 Å². The van der Waals surface area contributed by atoms with E-state index in [1.165, 1.54) is 3.97 Å². The van der Waals surface area contributed by atoms with E-state index >= 15 is 0 Å². The summed E-state index contributed by atoms with van der Waals surface area (Å²) in [4.78, 5) is 0.181. The van der Waals surface area contributed by atoms with Crippen molar-refractivity contribution in [1.82, 2.24) is 3.97 Å². The highest BCUT2D eigenvalue weighted by molar-refractivity contribution is 9.10. The lowest BCUT2D eigenvalue weighted by atomic mass is 10.1. The number of aliphatic hydroxyl groups is 1. The number of nitrogens with zero attached hydrogens (tertiary/aromatic N) is 1. The Labute approximate surface area is 172 Å². The number of benzene rings is 3. The number of aromatic nitrogens is 1. The molecule has 0 saturated heterocycles. The number of hydrogen-bond donors (Lipinski definition) is 1. The minimum absolute atomic E-state index is 0.181. The fourth-order valence-corrected chi connectivity index (χ4v) is 5.19. The van der Waals surface area contributed by atoms with Crippen LogP contribution < -0.4 is 0 Å². The largest absolute Gasteiger partial charge is 0.382 e. The van der Waals surface area contributed by atoms with Crippen LogP contribution in [-0.2, 0) is 10.0 Å². The molecule has 1 N–H and O–H groups in total. The third-order valence-electron chi connectivity index (χ3n) is 4.70. The van der Waals surface area contributed by atoms with Gasteiger partial charge in [-0.15, -0.1) is 0 Å². The highest BCUT2D eigenvalue weighted by Crippen LogP contribution is 2.33. The molecule has 28 heavy (non-hydrogen) atoms. The van der Waals surface area contributed by atoms with Crippen molar-refractivity contribution < 1.29 is 13.5 Å². The van der Waals surface area contributed by atoms with Crippen molar-refractivity contribution in [2.75, 3.05) is 0 Å². The number of fused-ring (bicyclic) bond motifs is 1. The molecule has 0 fully saturated rings. The van der Waals surface area contributed by atoms with Gasteiger partial charge in [0.25, 0.3) is 10.0 Å². The Balaban J connectivity index is 1.99. The first-order valence-electron chi connectivity index (χ1n) is 8.74. The summed E-state index contributed by atoms with van der Waals surface area (Å²) in [7, 11) is -3.89. The van der Waals surface area contributed by atoms with Crippen molar-refractivity contribution in [2.24, 2.45) is 0 Å². The van der Waals surface area contributed by atoms with E-state index in [2.05, 4.69) is 15.9 Å². The summed E-state index contributed by atoms with van der Waals surface area (Å²) in [5, 5.41) is 11.7. The molecule has 1 aromatic heterocycles. The van der Waals surface area contributed by atoms with Gasteiger partial charge in [-0.1, -0.05) is 64.0 Å². The zero-order chi connectivity index (χ0) is 19.9. The van der Waals surface area contributed by atoms with Gasteiger partial charge in [0.1, 0.15) is 6.10 Å². The number of aryl methyl sites for hydroxylation is 1. The van der Waals surface area contributed by atoms with Gasteiger partial charge in [-0.25, -0.2) is 12.4 Å². The van der Waals surface area contributed by atoms with Gasteiger partial charge in [0.05, 0.1) is 16.1 Å². The lowest BCUT2D eigenvalue weighted by molar-refractivity contribution is 0.214. The van der Waals surface area contributed by atoms with Crippen LogP contribution in [0.15, 0.2) is 88.2 Å². The first kappa shape index (κ1) is 18.9. The van der Waals surface area contributed by atoms with Crippen LogP contribution in [0.2, 0.25) is 0 Å². The molecule has 1 heterocycles. The SMILES string of the molecule is Cc1ccc(S(=O)(=O)n2c(C(O)c3ccccc3)cc3cc(Br)ccc32)cc1. The molecule has 3 aromatic carbocycles. The van der Waals surface area contributed by atoms with Gasteiger partial charge in [0.15, 0.2) is 0 Å². The molecule has 0 radical (unpaired) electrons. The maximum atomic E-state index is 13.5. The zero-order valence-corrected chi connectivity index (χ0v) is 17.5. The number of aliphatic hydroxyl groups excluding tert-OH is 1. The van der Waals surface area contributed by atoms with Crippen molar-refractivity contribution >= 4 is 36.9 Å². The summed E-state index contributed by atoms with van der Waals surface area (Å²) in [5.74, 6) is 0. The molecule has 0 aliphatic carbocycles. The Morgan fingerprint density at radius 3 is 2.29 bits per heavy atom. The van der Waals surface area contributed by atoms with Crippen molar-refractivity contribution in [3.63, 3.8) is 0 Å². The lowest BCUT2D eigenvalue weighted by Gasteiger charge is -2.16. The normalized spacial score (nSPS) is 13.0. The molecule has 142 valence electrons. The molecule has 4 rings (SSSR count). The maximum Gasteiger partial charge on any atom is 0.268 e. The molecular formula is C22H18BrNO3S. The molecule has 0 spiro atoms.